The maximum absolute atomic E-state index is 12.1. The molecular weight excluding hydrogens is 276 g/mol. The van der Waals surface area contributed by atoms with Crippen molar-refractivity contribution in [1.29, 1.82) is 0 Å². The second-order valence-electron chi connectivity index (χ2n) is 4.33. The molecule has 0 fully saturated rings. The van der Waals surface area contributed by atoms with E-state index in [-0.39, 0.29) is 5.91 Å². The van der Waals surface area contributed by atoms with Crippen LogP contribution in [-0.4, -0.2) is 20.3 Å². The Hall–Kier alpha value is -2.40. The van der Waals surface area contributed by atoms with Gasteiger partial charge in [-0.25, -0.2) is 9.97 Å². The molecule has 3 aromatic heterocycles. The van der Waals surface area contributed by atoms with Crippen molar-refractivity contribution in [1.82, 2.24) is 14.4 Å². The summed E-state index contributed by atoms with van der Waals surface area (Å²) < 4.78 is 1.86. The van der Waals surface area contributed by atoms with Crippen molar-refractivity contribution >= 4 is 29.0 Å². The molecule has 0 bridgehead atoms. The maximum Gasteiger partial charge on any atom is 0.277 e. The summed E-state index contributed by atoms with van der Waals surface area (Å²) in [5.74, 6) is 0.0825. The number of halogens is 1. The normalized spacial score (nSPS) is 10.7. The lowest BCUT2D eigenvalue weighted by Crippen LogP contribution is -2.13. The molecule has 3 heterocycles. The van der Waals surface area contributed by atoms with Gasteiger partial charge in [0.15, 0.2) is 0 Å². The van der Waals surface area contributed by atoms with Crippen molar-refractivity contribution in [2.75, 3.05) is 5.32 Å². The van der Waals surface area contributed by atoms with Crippen LogP contribution < -0.4 is 5.32 Å². The van der Waals surface area contributed by atoms with Crippen LogP contribution >= 0.6 is 11.6 Å². The molecule has 0 spiro atoms. The Labute approximate surface area is 120 Å². The van der Waals surface area contributed by atoms with Crippen LogP contribution in [-0.2, 0) is 0 Å². The minimum absolute atomic E-state index is 0.317. The Bertz CT molecular complexity index is 797. The Balaban J connectivity index is 1.91. The molecule has 1 amide bonds. The third-order valence-electron chi connectivity index (χ3n) is 2.89. The average Bonchev–Trinajstić information content (AvgIpc) is 2.84. The van der Waals surface area contributed by atoms with Crippen LogP contribution in [0.15, 0.2) is 42.7 Å². The molecule has 0 unspecified atom stereocenters. The lowest BCUT2D eigenvalue weighted by molar-refractivity contribution is 0.102. The first-order valence-electron chi connectivity index (χ1n) is 6.01. The van der Waals surface area contributed by atoms with Crippen molar-refractivity contribution in [2.45, 2.75) is 6.92 Å². The monoisotopic (exact) mass is 286 g/mol. The van der Waals surface area contributed by atoms with E-state index in [9.17, 15) is 4.79 Å². The van der Waals surface area contributed by atoms with E-state index in [0.29, 0.717) is 16.5 Å². The molecule has 0 aromatic carbocycles. The smallest absolute Gasteiger partial charge is 0.277 e. The number of anilines is 1. The molecule has 0 radical (unpaired) electrons. The van der Waals surface area contributed by atoms with Gasteiger partial charge in [0.05, 0.1) is 0 Å². The zero-order valence-corrected chi connectivity index (χ0v) is 11.4. The molecular formula is C14H11ClN4O. The topological polar surface area (TPSA) is 59.3 Å². The summed E-state index contributed by atoms with van der Waals surface area (Å²) in [6.07, 6.45) is 3.23. The lowest BCUT2D eigenvalue weighted by Gasteiger charge is -2.01. The number of hydrogen-bond donors (Lipinski definition) is 1. The molecule has 100 valence electrons. The SMILES string of the molecule is Cc1cccc2nc(C(=O)Nc3cc(Cl)ccn3)cn12. The number of imidazole rings is 1. The molecule has 0 aliphatic rings. The van der Waals surface area contributed by atoms with Gasteiger partial charge in [-0.3, -0.25) is 4.79 Å². The molecule has 0 aliphatic carbocycles. The van der Waals surface area contributed by atoms with Crippen molar-refractivity contribution in [2.24, 2.45) is 0 Å². The van der Waals surface area contributed by atoms with Gasteiger partial charge < -0.3 is 9.72 Å². The van der Waals surface area contributed by atoms with E-state index in [4.69, 9.17) is 11.6 Å². The Morgan fingerprint density at radius 2 is 2.20 bits per heavy atom. The fourth-order valence-corrected chi connectivity index (χ4v) is 2.07. The third kappa shape index (κ3) is 2.35. The predicted molar refractivity (Wildman–Crippen MR) is 77.1 cm³/mol. The van der Waals surface area contributed by atoms with E-state index in [1.165, 1.54) is 6.20 Å². The molecule has 1 N–H and O–H groups in total. The minimum atomic E-state index is -0.317. The Kier molecular flexibility index (Phi) is 3.12. The number of rotatable bonds is 2. The summed E-state index contributed by atoms with van der Waals surface area (Å²) in [4.78, 5) is 20.4. The number of carbonyl (C=O) groups is 1. The molecule has 3 rings (SSSR count). The van der Waals surface area contributed by atoms with Gasteiger partial charge in [-0.15, -0.1) is 0 Å². The van der Waals surface area contributed by atoms with Crippen LogP contribution in [0.3, 0.4) is 0 Å². The summed E-state index contributed by atoms with van der Waals surface area (Å²) in [5, 5.41) is 3.18. The second kappa shape index (κ2) is 4.94. The number of nitrogens with zero attached hydrogens (tertiary/aromatic N) is 3. The van der Waals surface area contributed by atoms with Gasteiger partial charge in [0.25, 0.3) is 5.91 Å². The van der Waals surface area contributed by atoms with Gasteiger partial charge in [0, 0.05) is 23.1 Å². The molecule has 6 heteroatoms. The number of hydrogen-bond acceptors (Lipinski definition) is 3. The van der Waals surface area contributed by atoms with Crippen LogP contribution in [0, 0.1) is 6.92 Å². The number of amides is 1. The molecule has 0 atom stereocenters. The number of carbonyl (C=O) groups excluding carboxylic acids is 1. The van der Waals surface area contributed by atoms with E-state index in [1.807, 2.05) is 29.5 Å². The van der Waals surface area contributed by atoms with E-state index in [2.05, 4.69) is 15.3 Å². The van der Waals surface area contributed by atoms with Gasteiger partial charge in [0.2, 0.25) is 0 Å². The van der Waals surface area contributed by atoms with Crippen LogP contribution in [0.1, 0.15) is 16.2 Å². The highest BCUT2D eigenvalue weighted by atomic mass is 35.5. The highest BCUT2D eigenvalue weighted by Gasteiger charge is 2.12. The van der Waals surface area contributed by atoms with Gasteiger partial charge in [-0.05, 0) is 31.2 Å². The van der Waals surface area contributed by atoms with Gasteiger partial charge in [-0.1, -0.05) is 17.7 Å². The largest absolute Gasteiger partial charge is 0.305 e. The van der Waals surface area contributed by atoms with Gasteiger partial charge in [-0.2, -0.15) is 0 Å². The number of aryl methyl sites for hydroxylation is 1. The number of nitrogens with one attached hydrogen (secondary N) is 1. The van der Waals surface area contributed by atoms with E-state index in [0.717, 1.165) is 11.3 Å². The predicted octanol–water partition coefficient (Wildman–Crippen LogP) is 2.94. The fourth-order valence-electron chi connectivity index (χ4n) is 1.91. The molecule has 0 aliphatic heterocycles. The van der Waals surface area contributed by atoms with Crippen molar-refractivity contribution in [3.05, 3.63) is 59.1 Å². The first-order valence-corrected chi connectivity index (χ1v) is 6.39. The molecule has 3 aromatic rings. The summed E-state index contributed by atoms with van der Waals surface area (Å²) in [5.41, 5.74) is 2.07. The fraction of sp³-hybridized carbons (Fsp3) is 0.0714. The lowest BCUT2D eigenvalue weighted by atomic mass is 10.4. The first kappa shape index (κ1) is 12.6. The summed E-state index contributed by atoms with van der Waals surface area (Å²) in [6, 6.07) is 8.93. The Morgan fingerprint density at radius 3 is 2.95 bits per heavy atom. The van der Waals surface area contributed by atoms with Crippen LogP contribution in [0.4, 0.5) is 5.82 Å². The van der Waals surface area contributed by atoms with Crippen molar-refractivity contribution in [3.8, 4) is 0 Å². The third-order valence-corrected chi connectivity index (χ3v) is 3.13. The summed E-state index contributed by atoms with van der Waals surface area (Å²) >= 11 is 5.85. The van der Waals surface area contributed by atoms with Gasteiger partial charge in [0.1, 0.15) is 17.2 Å². The zero-order valence-electron chi connectivity index (χ0n) is 10.7. The second-order valence-corrected chi connectivity index (χ2v) is 4.77. The van der Waals surface area contributed by atoms with Crippen LogP contribution in [0.25, 0.3) is 5.65 Å². The van der Waals surface area contributed by atoms with E-state index in [1.54, 1.807) is 18.3 Å². The molecule has 20 heavy (non-hydrogen) atoms. The number of pyridine rings is 2. The van der Waals surface area contributed by atoms with Crippen LogP contribution in [0.5, 0.6) is 0 Å². The quantitative estimate of drug-likeness (QED) is 0.788. The molecule has 0 saturated carbocycles. The highest BCUT2D eigenvalue weighted by Crippen LogP contribution is 2.14. The summed E-state index contributed by atoms with van der Waals surface area (Å²) in [7, 11) is 0. The Morgan fingerprint density at radius 1 is 1.35 bits per heavy atom. The van der Waals surface area contributed by atoms with E-state index >= 15 is 0 Å². The molecule has 5 nitrogen and oxygen atoms in total. The van der Waals surface area contributed by atoms with E-state index < -0.39 is 0 Å². The van der Waals surface area contributed by atoms with Crippen molar-refractivity contribution in [3.63, 3.8) is 0 Å². The summed E-state index contributed by atoms with van der Waals surface area (Å²) in [6.45, 7) is 1.95. The zero-order chi connectivity index (χ0) is 14.1. The maximum atomic E-state index is 12.1. The minimum Gasteiger partial charge on any atom is -0.305 e. The van der Waals surface area contributed by atoms with Crippen molar-refractivity contribution < 1.29 is 4.79 Å². The van der Waals surface area contributed by atoms with Crippen LogP contribution in [0.2, 0.25) is 5.02 Å². The standard InChI is InChI=1S/C14H11ClN4O/c1-9-3-2-4-13-17-11(8-19(9)13)14(20)18-12-7-10(15)5-6-16-12/h2-8H,1H3,(H,16,18,20). The number of aromatic nitrogens is 3. The number of fused-ring (bicyclic) bond motifs is 1. The highest BCUT2D eigenvalue weighted by molar-refractivity contribution is 6.30. The first-order chi connectivity index (χ1) is 9.63. The van der Waals surface area contributed by atoms with Gasteiger partial charge >= 0.3 is 0 Å². The molecule has 0 saturated heterocycles. The average molecular weight is 287 g/mol.